The van der Waals surface area contributed by atoms with Crippen LogP contribution in [0.3, 0.4) is 0 Å². The van der Waals surface area contributed by atoms with Crippen LogP contribution in [0.2, 0.25) is 5.02 Å². The van der Waals surface area contributed by atoms with Gasteiger partial charge in [-0.15, -0.1) is 0 Å². The van der Waals surface area contributed by atoms with Gasteiger partial charge in [0.2, 0.25) is 5.88 Å². The first-order chi connectivity index (χ1) is 20.0. The quantitative estimate of drug-likeness (QED) is 0.202. The van der Waals surface area contributed by atoms with Crippen molar-refractivity contribution in [3.05, 3.63) is 82.5 Å². The predicted molar refractivity (Wildman–Crippen MR) is 150 cm³/mol. The fourth-order valence-corrected chi connectivity index (χ4v) is 4.55. The normalized spacial score (nSPS) is 10.7. The Balaban J connectivity index is 1.50. The molecule has 3 rings (SSSR count). The van der Waals surface area contributed by atoms with Gasteiger partial charge in [0.25, 0.3) is 21.8 Å². The van der Waals surface area contributed by atoms with Crippen molar-refractivity contribution in [1.29, 1.82) is 0 Å². The molecule has 0 aliphatic rings. The van der Waals surface area contributed by atoms with Crippen molar-refractivity contribution in [2.24, 2.45) is 0 Å². The minimum Gasteiger partial charge on any atom is -0.496 e. The summed E-state index contributed by atoms with van der Waals surface area (Å²) in [6.45, 7) is 1.48. The SMILES string of the molecule is COc1ccc(Cl)cc1C(=O)NCCc1ccc(S(=O)(=O)NC(=O)c2ccc(OC(=O)NCCOC(C)=O)nc2)cc1. The van der Waals surface area contributed by atoms with Crippen LogP contribution >= 0.6 is 11.6 Å². The van der Waals surface area contributed by atoms with Gasteiger partial charge in [0, 0.05) is 30.8 Å². The standard InChI is InChI=1S/C27H27ClN4O9S/c1-17(33)40-14-13-30-27(36)41-24-10-5-19(16-31-24)25(34)32-42(37,38)21-7-3-18(4-8-21)11-12-29-26(35)22-15-20(28)6-9-23(22)39-2/h3-10,15-16H,11-14H2,1-2H3,(H,29,35)(H,30,36)(H,32,34). The van der Waals surface area contributed by atoms with E-state index in [-0.39, 0.29) is 47.5 Å². The van der Waals surface area contributed by atoms with Crippen molar-refractivity contribution in [2.45, 2.75) is 18.2 Å². The zero-order valence-electron chi connectivity index (χ0n) is 22.5. The van der Waals surface area contributed by atoms with Crippen molar-refractivity contribution in [3.8, 4) is 11.6 Å². The second kappa shape index (κ2) is 14.8. The summed E-state index contributed by atoms with van der Waals surface area (Å²) in [6, 6.07) is 12.9. The zero-order valence-corrected chi connectivity index (χ0v) is 24.1. The van der Waals surface area contributed by atoms with Gasteiger partial charge in [-0.1, -0.05) is 23.7 Å². The van der Waals surface area contributed by atoms with Crippen LogP contribution in [0, 0.1) is 0 Å². The largest absolute Gasteiger partial charge is 0.496 e. The Labute approximate surface area is 246 Å². The summed E-state index contributed by atoms with van der Waals surface area (Å²) in [5.74, 6) is -1.56. The summed E-state index contributed by atoms with van der Waals surface area (Å²) in [4.78, 5) is 51.1. The molecule has 0 radical (unpaired) electrons. The topological polar surface area (TPSA) is 179 Å². The lowest BCUT2D eigenvalue weighted by Crippen LogP contribution is -2.31. The summed E-state index contributed by atoms with van der Waals surface area (Å²) in [5.41, 5.74) is 0.941. The maximum absolute atomic E-state index is 12.7. The van der Waals surface area contributed by atoms with Crippen molar-refractivity contribution < 1.29 is 41.8 Å². The average molecular weight is 619 g/mol. The van der Waals surface area contributed by atoms with E-state index in [2.05, 4.69) is 20.4 Å². The van der Waals surface area contributed by atoms with Crippen LogP contribution in [0.15, 0.2) is 65.7 Å². The van der Waals surface area contributed by atoms with Gasteiger partial charge in [-0.25, -0.2) is 22.9 Å². The minimum absolute atomic E-state index is 0.0218. The van der Waals surface area contributed by atoms with Gasteiger partial charge in [0.15, 0.2) is 0 Å². The van der Waals surface area contributed by atoms with Crippen LogP contribution in [-0.2, 0) is 26.0 Å². The molecule has 2 aromatic carbocycles. The van der Waals surface area contributed by atoms with E-state index in [4.69, 9.17) is 21.1 Å². The molecule has 222 valence electrons. The third-order valence-corrected chi connectivity index (χ3v) is 7.02. The Morgan fingerprint density at radius 1 is 0.929 bits per heavy atom. The molecular formula is C27H27ClN4O9S. The molecule has 3 aromatic rings. The maximum atomic E-state index is 12.7. The molecule has 3 N–H and O–H groups in total. The summed E-state index contributed by atoms with van der Waals surface area (Å²) in [7, 11) is -2.76. The van der Waals surface area contributed by atoms with Crippen LogP contribution in [0.5, 0.6) is 11.6 Å². The second-order valence-corrected chi connectivity index (χ2v) is 10.6. The van der Waals surface area contributed by atoms with E-state index >= 15 is 0 Å². The fourth-order valence-electron chi connectivity index (χ4n) is 3.40. The van der Waals surface area contributed by atoms with Gasteiger partial charge in [-0.05, 0) is 48.4 Å². The van der Waals surface area contributed by atoms with E-state index in [0.717, 1.165) is 11.8 Å². The molecule has 3 amide bonds. The second-order valence-electron chi connectivity index (χ2n) is 8.47. The number of halogens is 1. The lowest BCUT2D eigenvalue weighted by molar-refractivity contribution is -0.140. The van der Waals surface area contributed by atoms with Crippen molar-refractivity contribution in [1.82, 2.24) is 20.3 Å². The number of rotatable bonds is 12. The molecule has 0 atom stereocenters. The molecule has 0 saturated carbocycles. The number of carbonyl (C=O) groups is 4. The third-order valence-electron chi connectivity index (χ3n) is 5.44. The van der Waals surface area contributed by atoms with Crippen LogP contribution in [0.25, 0.3) is 0 Å². The number of hydrogen-bond acceptors (Lipinski definition) is 10. The van der Waals surface area contributed by atoms with E-state index in [9.17, 15) is 27.6 Å². The Hall–Kier alpha value is -4.69. The van der Waals surface area contributed by atoms with Gasteiger partial charge in [0.05, 0.1) is 29.7 Å². The Kier molecular flexibility index (Phi) is 11.2. The smallest absolute Gasteiger partial charge is 0.414 e. The Morgan fingerprint density at radius 3 is 2.31 bits per heavy atom. The van der Waals surface area contributed by atoms with E-state index < -0.39 is 28.0 Å². The number of ether oxygens (including phenoxy) is 3. The molecule has 42 heavy (non-hydrogen) atoms. The van der Waals surface area contributed by atoms with Gasteiger partial charge in [-0.2, -0.15) is 0 Å². The highest BCUT2D eigenvalue weighted by molar-refractivity contribution is 7.90. The van der Waals surface area contributed by atoms with Crippen LogP contribution in [-0.4, -0.2) is 64.1 Å². The van der Waals surface area contributed by atoms with Crippen molar-refractivity contribution in [3.63, 3.8) is 0 Å². The van der Waals surface area contributed by atoms with Gasteiger partial charge in [-0.3, -0.25) is 14.4 Å². The first kappa shape index (κ1) is 31.8. The van der Waals surface area contributed by atoms with Crippen LogP contribution in [0.1, 0.15) is 33.2 Å². The summed E-state index contributed by atoms with van der Waals surface area (Å²) < 4.78 is 42.2. The lowest BCUT2D eigenvalue weighted by atomic mass is 10.1. The molecule has 15 heteroatoms. The van der Waals surface area contributed by atoms with Crippen molar-refractivity contribution in [2.75, 3.05) is 26.8 Å². The zero-order chi connectivity index (χ0) is 30.7. The monoisotopic (exact) mass is 618 g/mol. The summed E-state index contributed by atoms with van der Waals surface area (Å²) in [5, 5.41) is 5.49. The highest BCUT2D eigenvalue weighted by atomic mass is 35.5. The number of amides is 3. The van der Waals surface area contributed by atoms with E-state index in [1.54, 1.807) is 24.3 Å². The summed E-state index contributed by atoms with van der Waals surface area (Å²) in [6.07, 6.45) is 0.593. The maximum Gasteiger partial charge on any atom is 0.414 e. The number of carbonyl (C=O) groups excluding carboxylic acids is 4. The van der Waals surface area contributed by atoms with E-state index in [1.165, 1.54) is 44.4 Å². The van der Waals surface area contributed by atoms with Gasteiger partial charge >= 0.3 is 12.1 Å². The molecule has 1 aromatic heterocycles. The van der Waals surface area contributed by atoms with E-state index in [1.807, 2.05) is 4.72 Å². The average Bonchev–Trinajstić information content (AvgIpc) is 2.95. The number of esters is 1. The lowest BCUT2D eigenvalue weighted by Gasteiger charge is -2.10. The summed E-state index contributed by atoms with van der Waals surface area (Å²) >= 11 is 5.97. The number of benzene rings is 2. The minimum atomic E-state index is -4.21. The molecule has 0 aliphatic carbocycles. The highest BCUT2D eigenvalue weighted by Crippen LogP contribution is 2.22. The molecule has 0 unspecified atom stereocenters. The number of methoxy groups -OCH3 is 1. The Morgan fingerprint density at radius 2 is 1.67 bits per heavy atom. The number of pyridine rings is 1. The number of nitrogens with one attached hydrogen (secondary N) is 3. The molecule has 0 aliphatic heterocycles. The molecular weight excluding hydrogens is 592 g/mol. The molecule has 13 nitrogen and oxygen atoms in total. The van der Waals surface area contributed by atoms with Crippen molar-refractivity contribution >= 4 is 45.5 Å². The van der Waals surface area contributed by atoms with E-state index in [0.29, 0.717) is 17.2 Å². The predicted octanol–water partition coefficient (Wildman–Crippen LogP) is 2.49. The van der Waals surface area contributed by atoms with Gasteiger partial charge in [0.1, 0.15) is 12.4 Å². The molecule has 0 saturated heterocycles. The third kappa shape index (κ3) is 9.45. The number of aromatic nitrogens is 1. The first-order valence-electron chi connectivity index (χ1n) is 12.3. The first-order valence-corrected chi connectivity index (χ1v) is 14.2. The van der Waals surface area contributed by atoms with Gasteiger partial charge < -0.3 is 24.8 Å². The molecule has 0 fully saturated rings. The molecule has 1 heterocycles. The van der Waals surface area contributed by atoms with Crippen LogP contribution in [0.4, 0.5) is 4.79 Å². The number of nitrogens with zero attached hydrogens (tertiary/aromatic N) is 1. The number of hydrogen-bond donors (Lipinski definition) is 3. The fraction of sp³-hybridized carbons (Fsp3) is 0.222. The highest BCUT2D eigenvalue weighted by Gasteiger charge is 2.19. The van der Waals surface area contributed by atoms with Crippen LogP contribution < -0.4 is 24.8 Å². The molecule has 0 bridgehead atoms. The Bertz CT molecular complexity index is 1550. The number of sulfonamides is 1. The molecule has 0 spiro atoms.